The fourth-order valence-corrected chi connectivity index (χ4v) is 1.78. The van der Waals surface area contributed by atoms with Gasteiger partial charge in [0.15, 0.2) is 0 Å². The molecule has 0 amide bonds. The van der Waals surface area contributed by atoms with E-state index in [0.29, 0.717) is 0 Å². The summed E-state index contributed by atoms with van der Waals surface area (Å²) in [6.07, 6.45) is 6.16. The van der Waals surface area contributed by atoms with Gasteiger partial charge in [-0.1, -0.05) is 13.5 Å². The molecule has 0 aliphatic heterocycles. The lowest BCUT2D eigenvalue weighted by atomic mass is 9.74. The Morgan fingerprint density at radius 3 is 2.29 bits per heavy atom. The molecule has 0 aromatic carbocycles. The second-order valence-electron chi connectivity index (χ2n) is 4.39. The Kier molecular flexibility index (Phi) is 7.58. The molecule has 1 N–H and O–H groups in total. The summed E-state index contributed by atoms with van der Waals surface area (Å²) in [6, 6.07) is 0. The molecule has 84 valence electrons. The van der Waals surface area contributed by atoms with Crippen LogP contribution in [0.1, 0.15) is 26.2 Å². The van der Waals surface area contributed by atoms with Gasteiger partial charge in [-0.3, -0.25) is 0 Å². The average molecular weight is 198 g/mol. The van der Waals surface area contributed by atoms with Crippen LogP contribution in [0.15, 0.2) is 12.8 Å². The van der Waals surface area contributed by atoms with Crippen LogP contribution in [0.5, 0.6) is 0 Å². The van der Waals surface area contributed by atoms with Gasteiger partial charge in [-0.05, 0) is 51.4 Å². The lowest BCUT2D eigenvalue weighted by Gasteiger charge is -2.33. The molecule has 0 atom stereocenters. The third-order valence-electron chi connectivity index (χ3n) is 2.67. The average Bonchev–Trinajstić information content (AvgIpc) is 2.11. The second-order valence-corrected chi connectivity index (χ2v) is 4.39. The number of hydrogen-bond donors (Lipinski definition) is 1. The minimum Gasteiger partial charge on any atom is -0.381 e. The summed E-state index contributed by atoms with van der Waals surface area (Å²) in [5.74, 6) is 2.00. The van der Waals surface area contributed by atoms with Crippen molar-refractivity contribution >= 4 is 0 Å². The van der Waals surface area contributed by atoms with Crippen molar-refractivity contribution in [2.45, 2.75) is 26.2 Å². The van der Waals surface area contributed by atoms with Gasteiger partial charge in [0.2, 0.25) is 0 Å². The van der Waals surface area contributed by atoms with E-state index in [1.165, 1.54) is 25.8 Å². The third kappa shape index (κ3) is 6.03. The standard InChI is InChI=1S/C10H19N.C2H7N/c1-4-11(3)6-5-10-7-9(2)8-10;1-3-2/h4,9-10H,1,5-8H2,2-3H3;3H,1-2H3. The van der Waals surface area contributed by atoms with Gasteiger partial charge in [-0.15, -0.1) is 0 Å². The molecule has 0 radical (unpaired) electrons. The van der Waals surface area contributed by atoms with Crippen LogP contribution < -0.4 is 5.32 Å². The lowest BCUT2D eigenvalue weighted by Crippen LogP contribution is -2.25. The first-order chi connectivity index (χ1) is 6.63. The smallest absolute Gasteiger partial charge is 0.0171 e. The van der Waals surface area contributed by atoms with Gasteiger partial charge in [0.05, 0.1) is 0 Å². The number of nitrogens with zero attached hydrogens (tertiary/aromatic N) is 1. The van der Waals surface area contributed by atoms with E-state index in [-0.39, 0.29) is 0 Å². The molecule has 1 saturated carbocycles. The SMILES string of the molecule is C=CN(C)CCC1CC(C)C1.CNC. The van der Waals surface area contributed by atoms with Crippen LogP contribution in [0, 0.1) is 11.8 Å². The minimum atomic E-state index is 0.994. The van der Waals surface area contributed by atoms with Crippen LogP contribution in [0.3, 0.4) is 0 Å². The van der Waals surface area contributed by atoms with Crippen molar-refractivity contribution in [1.82, 2.24) is 10.2 Å². The Bertz CT molecular complexity index is 139. The largest absolute Gasteiger partial charge is 0.381 e. The van der Waals surface area contributed by atoms with Crippen LogP contribution in [-0.4, -0.2) is 32.6 Å². The predicted octanol–water partition coefficient (Wildman–Crippen LogP) is 2.33. The lowest BCUT2D eigenvalue weighted by molar-refractivity contribution is 0.187. The van der Waals surface area contributed by atoms with Gasteiger partial charge in [-0.25, -0.2) is 0 Å². The zero-order chi connectivity index (χ0) is 11.0. The first kappa shape index (κ1) is 13.5. The van der Waals surface area contributed by atoms with Gasteiger partial charge in [0.1, 0.15) is 0 Å². The van der Waals surface area contributed by atoms with Gasteiger partial charge < -0.3 is 10.2 Å². The van der Waals surface area contributed by atoms with Crippen molar-refractivity contribution in [1.29, 1.82) is 0 Å². The van der Waals surface area contributed by atoms with Crippen molar-refractivity contribution < 1.29 is 0 Å². The Labute approximate surface area is 89.4 Å². The summed E-state index contributed by atoms with van der Waals surface area (Å²) >= 11 is 0. The van der Waals surface area contributed by atoms with E-state index < -0.39 is 0 Å². The van der Waals surface area contributed by atoms with E-state index in [9.17, 15) is 0 Å². The van der Waals surface area contributed by atoms with Crippen LogP contribution in [0.25, 0.3) is 0 Å². The zero-order valence-corrected chi connectivity index (χ0v) is 10.2. The molecule has 0 aromatic heterocycles. The van der Waals surface area contributed by atoms with Gasteiger partial charge in [-0.2, -0.15) is 0 Å². The molecule has 1 aliphatic rings. The molecule has 0 heterocycles. The van der Waals surface area contributed by atoms with Crippen molar-refractivity contribution in [3.05, 3.63) is 12.8 Å². The molecular formula is C12H26N2. The van der Waals surface area contributed by atoms with E-state index in [2.05, 4.69) is 30.8 Å². The highest BCUT2D eigenvalue weighted by atomic mass is 15.1. The molecule has 0 spiro atoms. The normalized spacial score (nSPS) is 24.3. The highest BCUT2D eigenvalue weighted by molar-refractivity contribution is 4.78. The van der Waals surface area contributed by atoms with Crippen molar-refractivity contribution in [2.24, 2.45) is 11.8 Å². The summed E-state index contributed by atoms with van der Waals surface area (Å²) in [7, 11) is 5.84. The van der Waals surface area contributed by atoms with Crippen LogP contribution in [-0.2, 0) is 0 Å². The maximum atomic E-state index is 3.72. The monoisotopic (exact) mass is 198 g/mol. The topological polar surface area (TPSA) is 15.3 Å². The molecule has 0 aromatic rings. The van der Waals surface area contributed by atoms with Crippen LogP contribution in [0.4, 0.5) is 0 Å². The molecule has 1 rings (SSSR count). The van der Waals surface area contributed by atoms with Crippen LogP contribution >= 0.6 is 0 Å². The predicted molar refractivity (Wildman–Crippen MR) is 64.3 cm³/mol. The third-order valence-corrected chi connectivity index (χ3v) is 2.67. The number of rotatable bonds is 4. The summed E-state index contributed by atoms with van der Waals surface area (Å²) in [5.41, 5.74) is 0. The molecule has 0 unspecified atom stereocenters. The van der Waals surface area contributed by atoms with E-state index in [4.69, 9.17) is 0 Å². The van der Waals surface area contributed by atoms with Gasteiger partial charge in [0.25, 0.3) is 0 Å². The maximum absolute atomic E-state index is 3.72. The molecule has 14 heavy (non-hydrogen) atoms. The van der Waals surface area contributed by atoms with E-state index in [1.54, 1.807) is 0 Å². The fourth-order valence-electron chi connectivity index (χ4n) is 1.78. The van der Waals surface area contributed by atoms with Gasteiger partial charge in [0, 0.05) is 13.6 Å². The molecular weight excluding hydrogens is 172 g/mol. The maximum Gasteiger partial charge on any atom is 0.0171 e. The summed E-state index contributed by atoms with van der Waals surface area (Å²) in [4.78, 5) is 2.17. The number of nitrogens with one attached hydrogen (secondary N) is 1. The van der Waals surface area contributed by atoms with Crippen molar-refractivity contribution in [3.8, 4) is 0 Å². The molecule has 2 heteroatoms. The molecule has 0 bridgehead atoms. The second kappa shape index (κ2) is 7.86. The molecule has 1 aliphatic carbocycles. The highest BCUT2D eigenvalue weighted by Gasteiger charge is 2.24. The van der Waals surface area contributed by atoms with Gasteiger partial charge >= 0.3 is 0 Å². The summed E-state index contributed by atoms with van der Waals surface area (Å²) in [5, 5.41) is 2.75. The van der Waals surface area contributed by atoms with E-state index in [0.717, 1.165) is 11.8 Å². The Hall–Kier alpha value is -0.500. The number of hydrogen-bond acceptors (Lipinski definition) is 2. The van der Waals surface area contributed by atoms with E-state index in [1.807, 2.05) is 20.3 Å². The fraction of sp³-hybridized carbons (Fsp3) is 0.833. The highest BCUT2D eigenvalue weighted by Crippen LogP contribution is 2.35. The molecule has 1 fully saturated rings. The van der Waals surface area contributed by atoms with Crippen LogP contribution in [0.2, 0.25) is 0 Å². The summed E-state index contributed by atoms with van der Waals surface area (Å²) in [6.45, 7) is 7.25. The first-order valence-corrected chi connectivity index (χ1v) is 5.55. The molecule has 0 saturated heterocycles. The quantitative estimate of drug-likeness (QED) is 0.746. The van der Waals surface area contributed by atoms with Crippen molar-refractivity contribution in [3.63, 3.8) is 0 Å². The summed E-state index contributed by atoms with van der Waals surface area (Å²) < 4.78 is 0. The minimum absolute atomic E-state index is 0.994. The molecule has 2 nitrogen and oxygen atoms in total. The Morgan fingerprint density at radius 1 is 1.43 bits per heavy atom. The first-order valence-electron chi connectivity index (χ1n) is 5.55. The zero-order valence-electron chi connectivity index (χ0n) is 10.2. The Balaban J connectivity index is 0.000000500. The Morgan fingerprint density at radius 2 is 1.93 bits per heavy atom. The van der Waals surface area contributed by atoms with Crippen molar-refractivity contribution in [2.75, 3.05) is 27.7 Å². The van der Waals surface area contributed by atoms with E-state index >= 15 is 0 Å².